The summed E-state index contributed by atoms with van der Waals surface area (Å²) in [6.07, 6.45) is -0.719. The molecule has 0 fully saturated rings. The highest BCUT2D eigenvalue weighted by Crippen LogP contribution is 2.36. The molecule has 2 aromatic carbocycles. The van der Waals surface area contributed by atoms with Gasteiger partial charge in [-0.1, -0.05) is 19.9 Å². The third-order valence-electron chi connectivity index (χ3n) is 6.16. The van der Waals surface area contributed by atoms with Crippen molar-refractivity contribution in [2.75, 3.05) is 22.5 Å². The fourth-order valence-electron chi connectivity index (χ4n) is 4.44. The quantitative estimate of drug-likeness (QED) is 0.347. The Bertz CT molecular complexity index is 1490. The van der Waals surface area contributed by atoms with Gasteiger partial charge >= 0.3 is 12.2 Å². The molecule has 1 aliphatic rings. The van der Waals surface area contributed by atoms with E-state index in [4.69, 9.17) is 10.7 Å². The summed E-state index contributed by atoms with van der Waals surface area (Å²) in [6.45, 7) is 4.35. The summed E-state index contributed by atoms with van der Waals surface area (Å²) in [4.78, 5) is 23.3. The molecule has 0 saturated carbocycles. The first-order valence-electron chi connectivity index (χ1n) is 11.3. The van der Waals surface area contributed by atoms with Crippen molar-refractivity contribution < 1.29 is 22.4 Å². The van der Waals surface area contributed by atoms with Crippen molar-refractivity contribution in [3.8, 4) is 11.3 Å². The molecule has 7 nitrogen and oxygen atoms in total. The van der Waals surface area contributed by atoms with E-state index in [9.17, 15) is 22.4 Å². The molecule has 5 rings (SSSR count). The van der Waals surface area contributed by atoms with Crippen LogP contribution in [0.1, 0.15) is 36.7 Å². The number of amides is 2. The van der Waals surface area contributed by atoms with Crippen LogP contribution in [0.2, 0.25) is 0 Å². The van der Waals surface area contributed by atoms with Crippen molar-refractivity contribution in [2.24, 2.45) is 0 Å². The van der Waals surface area contributed by atoms with Gasteiger partial charge in [0.25, 0.3) is 0 Å². The van der Waals surface area contributed by atoms with Crippen LogP contribution in [0.4, 0.5) is 39.5 Å². The van der Waals surface area contributed by atoms with Gasteiger partial charge in [0.15, 0.2) is 0 Å². The monoisotopic (exact) mass is 498 g/mol. The summed E-state index contributed by atoms with van der Waals surface area (Å²) in [6, 6.07) is 6.63. The number of imidazole rings is 1. The van der Waals surface area contributed by atoms with E-state index in [0.717, 1.165) is 17.0 Å². The Morgan fingerprint density at radius 1 is 1.17 bits per heavy atom. The maximum atomic E-state index is 14.1. The van der Waals surface area contributed by atoms with Crippen LogP contribution in [0.25, 0.3) is 16.8 Å². The number of anilines is 3. The van der Waals surface area contributed by atoms with Gasteiger partial charge in [-0.05, 0) is 42.3 Å². The maximum absolute atomic E-state index is 14.1. The smallest absolute Gasteiger partial charge is 0.382 e. The Morgan fingerprint density at radius 3 is 2.67 bits per heavy atom. The number of urea groups is 1. The second-order valence-corrected chi connectivity index (χ2v) is 8.87. The second-order valence-electron chi connectivity index (χ2n) is 8.87. The Kier molecular flexibility index (Phi) is 5.57. The molecule has 2 aromatic heterocycles. The number of fused-ring (bicyclic) bond motifs is 2. The summed E-state index contributed by atoms with van der Waals surface area (Å²) in [5, 5.41) is 2.27. The number of halogens is 4. The van der Waals surface area contributed by atoms with Gasteiger partial charge in [-0.3, -0.25) is 9.30 Å². The van der Waals surface area contributed by atoms with Crippen molar-refractivity contribution in [1.82, 2.24) is 14.4 Å². The molecule has 186 valence electrons. The van der Waals surface area contributed by atoms with E-state index in [2.05, 4.69) is 10.3 Å². The van der Waals surface area contributed by atoms with Crippen molar-refractivity contribution in [3.63, 3.8) is 0 Å². The highest BCUT2D eigenvalue weighted by Gasteiger charge is 2.32. The van der Waals surface area contributed by atoms with E-state index < -0.39 is 29.3 Å². The number of nitrogen functional groups attached to an aromatic ring is 1. The van der Waals surface area contributed by atoms with Crippen LogP contribution in [0.15, 0.2) is 48.8 Å². The molecule has 0 bridgehead atoms. The fourth-order valence-corrected chi connectivity index (χ4v) is 4.44. The molecule has 1 aliphatic heterocycles. The first-order valence-corrected chi connectivity index (χ1v) is 11.3. The molecule has 0 radical (unpaired) electrons. The molecule has 0 atom stereocenters. The number of benzene rings is 2. The molecule has 3 N–H and O–H groups in total. The van der Waals surface area contributed by atoms with Crippen LogP contribution in [0.3, 0.4) is 0 Å². The molecule has 3 heterocycles. The lowest BCUT2D eigenvalue weighted by atomic mass is 10.1. The molecular weight excluding hydrogens is 476 g/mol. The number of rotatable bonds is 3. The zero-order valence-electron chi connectivity index (χ0n) is 19.4. The third-order valence-corrected chi connectivity index (χ3v) is 6.16. The van der Waals surface area contributed by atoms with Crippen LogP contribution in [0.5, 0.6) is 0 Å². The van der Waals surface area contributed by atoms with Gasteiger partial charge in [0, 0.05) is 36.1 Å². The Morgan fingerprint density at radius 2 is 1.94 bits per heavy atom. The number of nitrogens with one attached hydrogen (secondary N) is 1. The number of alkyl halides is 3. The van der Waals surface area contributed by atoms with Crippen LogP contribution in [-0.2, 0) is 12.6 Å². The number of carbonyl (C=O) groups excluding carboxylic acids is 1. The number of aromatic nitrogens is 3. The van der Waals surface area contributed by atoms with Crippen molar-refractivity contribution >= 4 is 28.7 Å². The molecular formula is C25H22F4N6O. The van der Waals surface area contributed by atoms with Crippen LogP contribution in [-0.4, -0.2) is 26.9 Å². The van der Waals surface area contributed by atoms with Gasteiger partial charge in [-0.2, -0.15) is 13.2 Å². The molecule has 0 unspecified atom stereocenters. The highest BCUT2D eigenvalue weighted by atomic mass is 19.4. The van der Waals surface area contributed by atoms with Gasteiger partial charge in [-0.15, -0.1) is 0 Å². The summed E-state index contributed by atoms with van der Waals surface area (Å²) in [7, 11) is 0. The van der Waals surface area contributed by atoms with Gasteiger partial charge < -0.3 is 11.1 Å². The minimum atomic E-state index is -4.66. The van der Waals surface area contributed by atoms with Crippen LogP contribution < -0.4 is 16.0 Å². The zero-order valence-corrected chi connectivity index (χ0v) is 19.4. The van der Waals surface area contributed by atoms with Gasteiger partial charge in [-0.25, -0.2) is 19.2 Å². The van der Waals surface area contributed by atoms with E-state index in [1.54, 1.807) is 18.3 Å². The molecule has 36 heavy (non-hydrogen) atoms. The third kappa shape index (κ3) is 4.00. The van der Waals surface area contributed by atoms with Gasteiger partial charge in [0.1, 0.15) is 28.7 Å². The average Bonchev–Trinajstić information content (AvgIpc) is 3.42. The van der Waals surface area contributed by atoms with Crippen LogP contribution in [0, 0.1) is 5.82 Å². The lowest BCUT2D eigenvalue weighted by Crippen LogP contribution is -2.33. The van der Waals surface area contributed by atoms with Crippen LogP contribution >= 0.6 is 0 Å². The normalized spacial score (nSPS) is 13.5. The standard InChI is InChI=1S/C25H22F4N6O/c1-13(2)23-33-20(21-22(30)31-8-10-35(21)23)15-3-6-19-14(11-15)7-9-34(19)24(36)32-18-12-16(25(27,28)29)4-5-17(18)26/h3-6,8,10-13H,7,9H2,1-2H3,(H2,30,31)(H,32,36). The Hall–Kier alpha value is -4.15. The summed E-state index contributed by atoms with van der Waals surface area (Å²) in [5.41, 5.74) is 8.18. The van der Waals surface area contributed by atoms with Gasteiger partial charge in [0.05, 0.1) is 11.3 Å². The average molecular weight is 498 g/mol. The first kappa shape index (κ1) is 23.6. The molecule has 4 aromatic rings. The maximum Gasteiger partial charge on any atom is 0.416 e. The number of hydrogen-bond acceptors (Lipinski definition) is 4. The SMILES string of the molecule is CC(C)c1nc(-c2ccc3c(c2)CCN3C(=O)Nc2cc(C(F)(F)F)ccc2F)c2c(N)nccn12. The lowest BCUT2D eigenvalue weighted by Gasteiger charge is -2.19. The summed E-state index contributed by atoms with van der Waals surface area (Å²) in [5.74, 6) is 0.359. The number of carbonyl (C=O) groups is 1. The Labute approximate surface area is 203 Å². The second kappa shape index (κ2) is 8.51. The molecule has 0 spiro atoms. The zero-order chi connectivity index (χ0) is 25.8. The number of nitrogens with zero attached hydrogens (tertiary/aromatic N) is 4. The number of nitrogens with two attached hydrogens (primary N) is 1. The fraction of sp³-hybridized carbons (Fsp3) is 0.240. The predicted molar refractivity (Wildman–Crippen MR) is 128 cm³/mol. The van der Waals surface area contributed by atoms with Crippen molar-refractivity contribution in [1.29, 1.82) is 0 Å². The van der Waals surface area contributed by atoms with E-state index >= 15 is 0 Å². The minimum Gasteiger partial charge on any atom is -0.382 e. The predicted octanol–water partition coefficient (Wildman–Crippen LogP) is 5.85. The summed E-state index contributed by atoms with van der Waals surface area (Å²) >= 11 is 0. The number of hydrogen-bond donors (Lipinski definition) is 2. The van der Waals surface area contributed by atoms with E-state index in [1.165, 1.54) is 4.90 Å². The first-order chi connectivity index (χ1) is 17.0. The Balaban J connectivity index is 1.46. The van der Waals surface area contributed by atoms with E-state index in [0.29, 0.717) is 47.3 Å². The molecule has 0 saturated heterocycles. The summed E-state index contributed by atoms with van der Waals surface area (Å²) < 4.78 is 55.1. The minimum absolute atomic E-state index is 0.137. The van der Waals surface area contributed by atoms with Crippen molar-refractivity contribution in [3.05, 3.63) is 71.6 Å². The topological polar surface area (TPSA) is 88.5 Å². The lowest BCUT2D eigenvalue weighted by molar-refractivity contribution is -0.137. The van der Waals surface area contributed by atoms with Gasteiger partial charge in [0.2, 0.25) is 0 Å². The largest absolute Gasteiger partial charge is 0.416 e. The van der Waals surface area contributed by atoms with E-state index in [1.807, 2.05) is 30.5 Å². The van der Waals surface area contributed by atoms with Crippen molar-refractivity contribution in [2.45, 2.75) is 32.4 Å². The molecule has 2 amide bonds. The molecule has 11 heteroatoms. The molecule has 0 aliphatic carbocycles. The van der Waals surface area contributed by atoms with E-state index in [-0.39, 0.29) is 12.5 Å². The highest BCUT2D eigenvalue weighted by molar-refractivity contribution is 6.03.